The number of fused-ring (bicyclic) bond motifs is 1. The van der Waals surface area contributed by atoms with Gasteiger partial charge in [-0.15, -0.1) is 0 Å². The predicted octanol–water partition coefficient (Wildman–Crippen LogP) is 1.78. The van der Waals surface area contributed by atoms with Crippen LogP contribution >= 0.6 is 0 Å². The second kappa shape index (κ2) is 2.10. The Morgan fingerprint density at radius 2 is 2.23 bits per heavy atom. The van der Waals surface area contributed by atoms with Crippen LogP contribution < -0.4 is 0 Å². The lowest BCUT2D eigenvalue weighted by atomic mass is 10.1. The highest BCUT2D eigenvalue weighted by molar-refractivity contribution is 5.38. The van der Waals surface area contributed by atoms with E-state index in [9.17, 15) is 0 Å². The van der Waals surface area contributed by atoms with Crippen LogP contribution in [0.5, 0.6) is 0 Å². The van der Waals surface area contributed by atoms with Crippen molar-refractivity contribution in [1.82, 2.24) is 14.6 Å². The van der Waals surface area contributed by atoms with E-state index < -0.39 is 0 Å². The molecule has 0 aliphatic heterocycles. The molecule has 0 atom stereocenters. The van der Waals surface area contributed by atoms with Crippen LogP contribution in [-0.2, 0) is 5.41 Å². The smallest absolute Gasteiger partial charge is 0.157 e. The predicted molar refractivity (Wildman–Crippen MR) is 49.6 cm³/mol. The van der Waals surface area contributed by atoms with E-state index in [0.29, 0.717) is 0 Å². The minimum Gasteiger partial charge on any atom is -0.221 e. The lowest BCUT2D eigenvalue weighted by molar-refractivity contribution is 0.704. The van der Waals surface area contributed by atoms with Crippen molar-refractivity contribution in [1.29, 1.82) is 0 Å². The maximum atomic E-state index is 4.50. The van der Waals surface area contributed by atoms with Crippen LogP contribution in [0.4, 0.5) is 0 Å². The fourth-order valence-electron chi connectivity index (χ4n) is 1.50. The molecule has 13 heavy (non-hydrogen) atoms. The molecule has 0 saturated heterocycles. The molecule has 3 nitrogen and oxygen atoms in total. The van der Waals surface area contributed by atoms with Gasteiger partial charge in [0.1, 0.15) is 0 Å². The summed E-state index contributed by atoms with van der Waals surface area (Å²) < 4.78 is 1.85. The Labute approximate surface area is 76.4 Å². The molecule has 3 rings (SSSR count). The highest BCUT2D eigenvalue weighted by Crippen LogP contribution is 2.45. The first-order valence-electron chi connectivity index (χ1n) is 4.60. The summed E-state index contributed by atoms with van der Waals surface area (Å²) in [6.45, 7) is 2.22. The van der Waals surface area contributed by atoms with E-state index in [2.05, 4.69) is 17.0 Å². The summed E-state index contributed by atoms with van der Waals surface area (Å²) in [5.74, 6) is 0.999. The summed E-state index contributed by atoms with van der Waals surface area (Å²) >= 11 is 0. The third kappa shape index (κ3) is 0.963. The normalized spacial score (nSPS) is 19.2. The summed E-state index contributed by atoms with van der Waals surface area (Å²) in [6.07, 6.45) is 4.39. The van der Waals surface area contributed by atoms with Gasteiger partial charge in [0.2, 0.25) is 0 Å². The number of nitrogens with zero attached hydrogens (tertiary/aromatic N) is 3. The second-order valence-corrected chi connectivity index (χ2v) is 4.00. The van der Waals surface area contributed by atoms with Crippen molar-refractivity contribution in [3.8, 4) is 0 Å². The molecule has 0 N–H and O–H groups in total. The van der Waals surface area contributed by atoms with Crippen molar-refractivity contribution in [3.05, 3.63) is 30.2 Å². The van der Waals surface area contributed by atoms with Gasteiger partial charge in [0, 0.05) is 11.6 Å². The van der Waals surface area contributed by atoms with E-state index in [0.717, 1.165) is 11.5 Å². The van der Waals surface area contributed by atoms with Crippen LogP contribution in [-0.4, -0.2) is 14.6 Å². The Morgan fingerprint density at radius 3 is 2.92 bits per heavy atom. The standard InChI is InChI=1S/C10H11N3/c1-10(5-6-10)9-11-8-4-2-3-7-13(8)12-9/h2-4,7H,5-6H2,1H3. The third-order valence-electron chi connectivity index (χ3n) is 2.78. The van der Waals surface area contributed by atoms with E-state index in [1.165, 1.54) is 12.8 Å². The topological polar surface area (TPSA) is 30.2 Å². The van der Waals surface area contributed by atoms with Gasteiger partial charge in [-0.25, -0.2) is 9.50 Å². The number of hydrogen-bond donors (Lipinski definition) is 0. The van der Waals surface area contributed by atoms with Gasteiger partial charge in [0.25, 0.3) is 0 Å². The molecule has 1 aliphatic carbocycles. The van der Waals surface area contributed by atoms with Crippen LogP contribution in [0.25, 0.3) is 5.65 Å². The van der Waals surface area contributed by atoms with E-state index in [1.807, 2.05) is 28.9 Å². The van der Waals surface area contributed by atoms with Gasteiger partial charge < -0.3 is 0 Å². The molecule has 0 radical (unpaired) electrons. The summed E-state index contributed by atoms with van der Waals surface area (Å²) in [7, 11) is 0. The number of aromatic nitrogens is 3. The Balaban J connectivity index is 2.22. The second-order valence-electron chi connectivity index (χ2n) is 4.00. The maximum absolute atomic E-state index is 4.50. The zero-order valence-corrected chi connectivity index (χ0v) is 7.57. The molecule has 0 spiro atoms. The molecule has 3 heteroatoms. The first-order chi connectivity index (χ1) is 6.28. The number of pyridine rings is 1. The molecule has 1 saturated carbocycles. The molecular weight excluding hydrogens is 162 g/mol. The molecule has 2 aromatic rings. The highest BCUT2D eigenvalue weighted by Gasteiger charge is 2.42. The van der Waals surface area contributed by atoms with Crippen molar-refractivity contribution in [2.75, 3.05) is 0 Å². The van der Waals surface area contributed by atoms with Gasteiger partial charge in [0.05, 0.1) is 0 Å². The van der Waals surface area contributed by atoms with Crippen molar-refractivity contribution < 1.29 is 0 Å². The highest BCUT2D eigenvalue weighted by atomic mass is 15.3. The van der Waals surface area contributed by atoms with Gasteiger partial charge in [-0.3, -0.25) is 0 Å². The van der Waals surface area contributed by atoms with Crippen LogP contribution in [0.15, 0.2) is 24.4 Å². The minimum absolute atomic E-state index is 0.270. The van der Waals surface area contributed by atoms with Crippen LogP contribution in [0.2, 0.25) is 0 Å². The Kier molecular flexibility index (Phi) is 1.14. The first kappa shape index (κ1) is 7.06. The molecule has 0 unspecified atom stereocenters. The number of hydrogen-bond acceptors (Lipinski definition) is 2. The lowest BCUT2D eigenvalue weighted by Gasteiger charge is -1.97. The van der Waals surface area contributed by atoms with Gasteiger partial charge in [-0.2, -0.15) is 5.10 Å². The molecular formula is C10H11N3. The monoisotopic (exact) mass is 173 g/mol. The van der Waals surface area contributed by atoms with Crippen molar-refractivity contribution in [3.63, 3.8) is 0 Å². The van der Waals surface area contributed by atoms with Gasteiger partial charge in [0.15, 0.2) is 11.5 Å². The van der Waals surface area contributed by atoms with Crippen LogP contribution in [0.1, 0.15) is 25.6 Å². The fourth-order valence-corrected chi connectivity index (χ4v) is 1.50. The van der Waals surface area contributed by atoms with Crippen molar-refractivity contribution in [2.24, 2.45) is 0 Å². The van der Waals surface area contributed by atoms with E-state index >= 15 is 0 Å². The van der Waals surface area contributed by atoms with E-state index in [4.69, 9.17) is 0 Å². The Hall–Kier alpha value is -1.38. The summed E-state index contributed by atoms with van der Waals surface area (Å²) in [5, 5.41) is 4.45. The molecule has 1 aliphatic rings. The molecule has 2 aromatic heterocycles. The van der Waals surface area contributed by atoms with Gasteiger partial charge >= 0.3 is 0 Å². The van der Waals surface area contributed by atoms with E-state index in [-0.39, 0.29) is 5.41 Å². The van der Waals surface area contributed by atoms with Crippen molar-refractivity contribution >= 4 is 5.65 Å². The maximum Gasteiger partial charge on any atom is 0.157 e. The van der Waals surface area contributed by atoms with Crippen LogP contribution in [0, 0.1) is 0 Å². The molecule has 0 amide bonds. The molecule has 1 fully saturated rings. The molecule has 0 bridgehead atoms. The summed E-state index contributed by atoms with van der Waals surface area (Å²) in [4.78, 5) is 4.50. The molecule has 0 aromatic carbocycles. The summed E-state index contributed by atoms with van der Waals surface area (Å²) in [6, 6.07) is 5.95. The largest absolute Gasteiger partial charge is 0.221 e. The lowest BCUT2D eigenvalue weighted by Crippen LogP contribution is -2.02. The average molecular weight is 173 g/mol. The van der Waals surface area contributed by atoms with Crippen molar-refractivity contribution in [2.45, 2.75) is 25.2 Å². The molecule has 66 valence electrons. The summed E-state index contributed by atoms with van der Waals surface area (Å²) in [5.41, 5.74) is 1.22. The third-order valence-corrected chi connectivity index (χ3v) is 2.78. The Morgan fingerprint density at radius 1 is 1.38 bits per heavy atom. The average Bonchev–Trinajstić information content (AvgIpc) is 2.76. The minimum atomic E-state index is 0.270. The number of rotatable bonds is 1. The van der Waals surface area contributed by atoms with Crippen LogP contribution in [0.3, 0.4) is 0 Å². The van der Waals surface area contributed by atoms with E-state index in [1.54, 1.807) is 0 Å². The molecule has 2 heterocycles. The van der Waals surface area contributed by atoms with Gasteiger partial charge in [-0.1, -0.05) is 13.0 Å². The SMILES string of the molecule is CC1(c2nc3ccccn3n2)CC1. The fraction of sp³-hybridized carbons (Fsp3) is 0.400. The van der Waals surface area contributed by atoms with Gasteiger partial charge in [-0.05, 0) is 25.0 Å². The first-order valence-corrected chi connectivity index (χ1v) is 4.60. The quantitative estimate of drug-likeness (QED) is 0.658. The Bertz CT molecular complexity index is 421. The zero-order valence-electron chi connectivity index (χ0n) is 7.57. The zero-order chi connectivity index (χ0) is 8.89.